The van der Waals surface area contributed by atoms with Crippen molar-refractivity contribution in [1.29, 1.82) is 0 Å². The van der Waals surface area contributed by atoms with Crippen LogP contribution in [-0.2, 0) is 21.2 Å². The second kappa shape index (κ2) is 5.10. The van der Waals surface area contributed by atoms with Gasteiger partial charge in [0.1, 0.15) is 11.6 Å². The monoisotopic (exact) mass is 335 g/mol. The molecular formula is C10H14BrN3O3S. The van der Waals surface area contributed by atoms with Crippen molar-refractivity contribution in [3.8, 4) is 0 Å². The van der Waals surface area contributed by atoms with Gasteiger partial charge in [-0.05, 0) is 22.4 Å². The molecule has 18 heavy (non-hydrogen) atoms. The molecular weight excluding hydrogens is 322 g/mol. The van der Waals surface area contributed by atoms with E-state index in [1.54, 1.807) is 7.11 Å². The first-order chi connectivity index (χ1) is 8.43. The minimum Gasteiger partial charge on any atom is -0.383 e. The molecule has 0 aromatic carbocycles. The van der Waals surface area contributed by atoms with Crippen LogP contribution in [0.5, 0.6) is 0 Å². The van der Waals surface area contributed by atoms with Gasteiger partial charge in [0, 0.05) is 13.0 Å². The average Bonchev–Trinajstić information content (AvgIpc) is 2.65. The van der Waals surface area contributed by atoms with Gasteiger partial charge < -0.3 is 10.5 Å². The van der Waals surface area contributed by atoms with E-state index in [1.165, 1.54) is 0 Å². The largest absolute Gasteiger partial charge is 0.383 e. The van der Waals surface area contributed by atoms with Crippen molar-refractivity contribution in [2.45, 2.75) is 18.9 Å². The van der Waals surface area contributed by atoms with E-state index < -0.39 is 9.84 Å². The average molecular weight is 336 g/mol. The third-order valence-corrected chi connectivity index (χ3v) is 5.47. The topological polar surface area (TPSA) is 95.2 Å². The summed E-state index contributed by atoms with van der Waals surface area (Å²) in [6, 6.07) is 0. The molecule has 0 radical (unpaired) electrons. The van der Waals surface area contributed by atoms with Crippen LogP contribution in [0, 0.1) is 0 Å². The second-order valence-corrected chi connectivity index (χ2v) is 7.28. The molecule has 0 bridgehead atoms. The normalized spacial score (nSPS) is 22.2. The number of nitrogens with two attached hydrogens (primary N) is 1. The van der Waals surface area contributed by atoms with E-state index in [0.29, 0.717) is 34.8 Å². The number of anilines is 1. The lowest BCUT2D eigenvalue weighted by Crippen LogP contribution is -2.11. The number of aromatic nitrogens is 2. The molecule has 1 aromatic heterocycles. The van der Waals surface area contributed by atoms with Crippen LogP contribution >= 0.6 is 15.9 Å². The molecule has 0 spiro atoms. The van der Waals surface area contributed by atoms with Crippen LogP contribution in [0.1, 0.15) is 23.9 Å². The van der Waals surface area contributed by atoms with Gasteiger partial charge in [0.15, 0.2) is 9.84 Å². The standard InChI is InChI=1S/C10H14BrN3O3S/c1-17-4-7-8(11)9(12)14-10(13-7)6-2-3-18(15,16)5-6/h6H,2-5H2,1H3,(H2,12,13,14). The summed E-state index contributed by atoms with van der Waals surface area (Å²) in [6.07, 6.45) is 0.551. The van der Waals surface area contributed by atoms with E-state index in [-0.39, 0.29) is 17.4 Å². The summed E-state index contributed by atoms with van der Waals surface area (Å²) in [4.78, 5) is 8.51. The van der Waals surface area contributed by atoms with Gasteiger partial charge in [-0.25, -0.2) is 18.4 Å². The highest BCUT2D eigenvalue weighted by Crippen LogP contribution is 2.30. The summed E-state index contributed by atoms with van der Waals surface area (Å²) < 4.78 is 28.5. The van der Waals surface area contributed by atoms with Gasteiger partial charge >= 0.3 is 0 Å². The van der Waals surface area contributed by atoms with Gasteiger partial charge in [0.25, 0.3) is 0 Å². The van der Waals surface area contributed by atoms with E-state index in [1.807, 2.05) is 0 Å². The molecule has 6 nitrogen and oxygen atoms in total. The SMILES string of the molecule is COCc1nc(C2CCS(=O)(=O)C2)nc(N)c1Br. The minimum atomic E-state index is -2.96. The van der Waals surface area contributed by atoms with Crippen molar-refractivity contribution >= 4 is 31.6 Å². The highest BCUT2D eigenvalue weighted by atomic mass is 79.9. The summed E-state index contributed by atoms with van der Waals surface area (Å²) in [5.41, 5.74) is 6.43. The Hall–Kier alpha value is -0.730. The van der Waals surface area contributed by atoms with Crippen LogP contribution < -0.4 is 5.73 Å². The van der Waals surface area contributed by atoms with Crippen LogP contribution in [0.2, 0.25) is 0 Å². The third-order valence-electron chi connectivity index (χ3n) is 2.84. The summed E-state index contributed by atoms with van der Waals surface area (Å²) >= 11 is 3.30. The number of sulfone groups is 1. The molecule has 1 saturated heterocycles. The second-order valence-electron chi connectivity index (χ2n) is 4.26. The first-order valence-corrected chi connectivity index (χ1v) is 8.05. The molecule has 100 valence electrons. The van der Waals surface area contributed by atoms with Crippen molar-refractivity contribution < 1.29 is 13.2 Å². The molecule has 1 aliphatic heterocycles. The number of ether oxygens (including phenoxy) is 1. The van der Waals surface area contributed by atoms with Crippen LogP contribution in [0.25, 0.3) is 0 Å². The highest BCUT2D eigenvalue weighted by Gasteiger charge is 2.31. The van der Waals surface area contributed by atoms with Crippen molar-refractivity contribution in [3.05, 3.63) is 16.0 Å². The Morgan fingerprint density at radius 2 is 2.22 bits per heavy atom. The lowest BCUT2D eigenvalue weighted by Gasteiger charge is -2.11. The third kappa shape index (κ3) is 2.81. The molecule has 8 heteroatoms. The number of halogens is 1. The molecule has 1 aromatic rings. The summed E-state index contributed by atoms with van der Waals surface area (Å²) in [7, 11) is -1.40. The van der Waals surface area contributed by atoms with Gasteiger partial charge in [0.2, 0.25) is 0 Å². The maximum Gasteiger partial charge on any atom is 0.151 e. The van der Waals surface area contributed by atoms with Gasteiger partial charge in [0.05, 0.1) is 28.3 Å². The van der Waals surface area contributed by atoms with Gasteiger partial charge in [-0.3, -0.25) is 0 Å². The lowest BCUT2D eigenvalue weighted by atomic mass is 10.1. The Bertz CT molecular complexity index is 562. The maximum atomic E-state index is 11.5. The predicted octanol–water partition coefficient (Wildman–Crippen LogP) is 0.870. The molecule has 2 rings (SSSR count). The number of rotatable bonds is 3. The highest BCUT2D eigenvalue weighted by molar-refractivity contribution is 9.10. The first kappa shape index (κ1) is 13.7. The predicted molar refractivity (Wildman–Crippen MR) is 70.9 cm³/mol. The molecule has 0 amide bonds. The van der Waals surface area contributed by atoms with Crippen molar-refractivity contribution in [1.82, 2.24) is 9.97 Å². The molecule has 1 fully saturated rings. The van der Waals surface area contributed by atoms with Crippen LogP contribution in [-0.4, -0.2) is 37.0 Å². The van der Waals surface area contributed by atoms with Crippen LogP contribution in [0.15, 0.2) is 4.47 Å². The minimum absolute atomic E-state index is 0.0977. The molecule has 0 aliphatic carbocycles. The fourth-order valence-electron chi connectivity index (χ4n) is 1.95. The van der Waals surface area contributed by atoms with Crippen molar-refractivity contribution in [2.24, 2.45) is 0 Å². The Morgan fingerprint density at radius 3 is 2.78 bits per heavy atom. The Balaban J connectivity index is 2.34. The number of nitrogen functional groups attached to an aromatic ring is 1. The van der Waals surface area contributed by atoms with Crippen molar-refractivity contribution in [2.75, 3.05) is 24.3 Å². The van der Waals surface area contributed by atoms with E-state index in [2.05, 4.69) is 25.9 Å². The first-order valence-electron chi connectivity index (χ1n) is 5.44. The Kier molecular flexibility index (Phi) is 3.88. The summed E-state index contributed by atoms with van der Waals surface area (Å²) in [5.74, 6) is 0.929. The zero-order valence-electron chi connectivity index (χ0n) is 9.89. The van der Waals surface area contributed by atoms with E-state index in [0.717, 1.165) is 0 Å². The fourth-order valence-corrected chi connectivity index (χ4v) is 3.98. The number of nitrogens with zero attached hydrogens (tertiary/aromatic N) is 2. The molecule has 2 N–H and O–H groups in total. The quantitative estimate of drug-likeness (QED) is 0.880. The number of methoxy groups -OCH3 is 1. The molecule has 1 aliphatic rings. The molecule has 0 saturated carbocycles. The van der Waals surface area contributed by atoms with Gasteiger partial charge in [-0.1, -0.05) is 0 Å². The maximum absolute atomic E-state index is 11.5. The summed E-state index contributed by atoms with van der Waals surface area (Å²) in [5, 5.41) is 0. The van der Waals surface area contributed by atoms with Crippen molar-refractivity contribution in [3.63, 3.8) is 0 Å². The van der Waals surface area contributed by atoms with Gasteiger partial charge in [-0.2, -0.15) is 0 Å². The van der Waals surface area contributed by atoms with E-state index in [4.69, 9.17) is 10.5 Å². The fraction of sp³-hybridized carbons (Fsp3) is 0.600. The van der Waals surface area contributed by atoms with E-state index >= 15 is 0 Å². The van der Waals surface area contributed by atoms with Crippen LogP contribution in [0.4, 0.5) is 5.82 Å². The van der Waals surface area contributed by atoms with Crippen LogP contribution in [0.3, 0.4) is 0 Å². The molecule has 1 unspecified atom stereocenters. The smallest absolute Gasteiger partial charge is 0.151 e. The molecule has 1 atom stereocenters. The zero-order chi connectivity index (χ0) is 13.3. The van der Waals surface area contributed by atoms with Gasteiger partial charge in [-0.15, -0.1) is 0 Å². The summed E-state index contributed by atoms with van der Waals surface area (Å²) in [6.45, 7) is 0.305. The number of hydrogen-bond acceptors (Lipinski definition) is 6. The number of hydrogen-bond donors (Lipinski definition) is 1. The Labute approximate surface area is 114 Å². The Morgan fingerprint density at radius 1 is 1.50 bits per heavy atom. The zero-order valence-corrected chi connectivity index (χ0v) is 12.3. The van der Waals surface area contributed by atoms with E-state index in [9.17, 15) is 8.42 Å². The lowest BCUT2D eigenvalue weighted by molar-refractivity contribution is 0.180. The molecule has 2 heterocycles.